The second-order valence-electron chi connectivity index (χ2n) is 9.95. The molecule has 9 nitrogen and oxygen atoms in total. The summed E-state index contributed by atoms with van der Waals surface area (Å²) in [6.45, 7) is 5.39. The molecular formula is C28H31ClN2O7S. The number of nitrogen functional groups attached to an aromatic ring is 1. The van der Waals surface area contributed by atoms with E-state index in [1.165, 1.54) is 29.2 Å². The van der Waals surface area contributed by atoms with Crippen LogP contribution < -0.4 is 5.73 Å². The van der Waals surface area contributed by atoms with Crippen molar-refractivity contribution in [1.82, 2.24) is 4.90 Å². The number of carboxylic acids is 1. The van der Waals surface area contributed by atoms with E-state index in [1.54, 1.807) is 57.2 Å². The largest absolute Gasteiger partial charge is 0.478 e. The van der Waals surface area contributed by atoms with E-state index in [2.05, 4.69) is 0 Å². The van der Waals surface area contributed by atoms with Gasteiger partial charge in [-0.1, -0.05) is 35.9 Å². The van der Waals surface area contributed by atoms with Crippen molar-refractivity contribution >= 4 is 39.2 Å². The minimum atomic E-state index is -3.99. The second kappa shape index (κ2) is 12.1. The van der Waals surface area contributed by atoms with Crippen LogP contribution in [-0.2, 0) is 21.0 Å². The number of carbonyl (C=O) groups is 2. The number of sulfone groups is 1. The summed E-state index contributed by atoms with van der Waals surface area (Å²) < 4.78 is 31.6. The quantitative estimate of drug-likeness (QED) is 0.304. The van der Waals surface area contributed by atoms with E-state index in [1.807, 2.05) is 0 Å². The molecule has 3 rings (SSSR count). The Kier molecular flexibility index (Phi) is 9.26. The number of anilines is 1. The third-order valence-corrected chi connectivity index (χ3v) is 7.75. The zero-order valence-electron chi connectivity index (χ0n) is 21.8. The lowest BCUT2D eigenvalue weighted by Gasteiger charge is -2.29. The zero-order valence-corrected chi connectivity index (χ0v) is 23.4. The van der Waals surface area contributed by atoms with E-state index >= 15 is 0 Å². The third kappa shape index (κ3) is 7.95. The average Bonchev–Trinajstić information content (AvgIpc) is 2.85. The fourth-order valence-electron chi connectivity index (χ4n) is 3.73. The van der Waals surface area contributed by atoms with Gasteiger partial charge in [0.2, 0.25) is 9.84 Å². The molecule has 1 atom stereocenters. The van der Waals surface area contributed by atoms with Crippen LogP contribution in [0.25, 0.3) is 0 Å². The number of hydrogen-bond acceptors (Lipinski definition) is 7. The van der Waals surface area contributed by atoms with Crippen LogP contribution in [-0.4, -0.2) is 54.3 Å². The Bertz CT molecular complexity index is 1450. The summed E-state index contributed by atoms with van der Waals surface area (Å²) in [5.74, 6) is -1.32. The number of carbonyl (C=O) groups excluding carboxylic acids is 1. The van der Waals surface area contributed by atoms with Crippen LogP contribution in [0.5, 0.6) is 0 Å². The van der Waals surface area contributed by atoms with Crippen LogP contribution in [0, 0.1) is 0 Å². The number of halogens is 1. The van der Waals surface area contributed by atoms with E-state index in [0.29, 0.717) is 17.0 Å². The third-order valence-electron chi connectivity index (χ3n) is 5.75. The van der Waals surface area contributed by atoms with Gasteiger partial charge in [-0.2, -0.15) is 0 Å². The summed E-state index contributed by atoms with van der Waals surface area (Å²) in [6.07, 6.45) is -1.24. The first-order chi connectivity index (χ1) is 18.2. The molecule has 3 aromatic rings. The lowest BCUT2D eigenvalue weighted by atomic mass is 10.1. The van der Waals surface area contributed by atoms with Gasteiger partial charge in [-0.15, -0.1) is 0 Å². The van der Waals surface area contributed by atoms with Gasteiger partial charge < -0.3 is 25.6 Å². The number of nitrogens with zero attached hydrogens (tertiary/aromatic N) is 1. The van der Waals surface area contributed by atoms with Crippen molar-refractivity contribution in [2.75, 3.05) is 18.8 Å². The smallest absolute Gasteiger partial charge is 0.410 e. The molecule has 0 aromatic heterocycles. The van der Waals surface area contributed by atoms with Gasteiger partial charge in [0.25, 0.3) is 0 Å². The Hall–Kier alpha value is -3.60. The van der Waals surface area contributed by atoms with Crippen LogP contribution in [0.2, 0.25) is 5.02 Å². The van der Waals surface area contributed by atoms with Gasteiger partial charge in [-0.3, -0.25) is 0 Å². The van der Waals surface area contributed by atoms with Crippen LogP contribution in [0.15, 0.2) is 76.5 Å². The number of hydrogen-bond donors (Lipinski definition) is 3. The topological polar surface area (TPSA) is 147 Å². The van der Waals surface area contributed by atoms with E-state index in [9.17, 15) is 28.2 Å². The van der Waals surface area contributed by atoms with Crippen molar-refractivity contribution in [3.8, 4) is 0 Å². The van der Waals surface area contributed by atoms with Gasteiger partial charge in [0.15, 0.2) is 0 Å². The van der Waals surface area contributed by atoms with Crippen LogP contribution in [0.3, 0.4) is 0 Å². The van der Waals surface area contributed by atoms with E-state index in [0.717, 1.165) is 11.6 Å². The second-order valence-corrected chi connectivity index (χ2v) is 12.3. The molecule has 4 N–H and O–H groups in total. The number of amides is 1. The highest BCUT2D eigenvalue weighted by atomic mass is 35.5. The Labute approximate surface area is 232 Å². The first-order valence-corrected chi connectivity index (χ1v) is 13.9. The molecule has 208 valence electrons. The molecular weight excluding hydrogens is 544 g/mol. The Morgan fingerprint density at radius 3 is 2.26 bits per heavy atom. The number of ether oxygens (including phenoxy) is 1. The molecule has 3 aromatic carbocycles. The summed E-state index contributed by atoms with van der Waals surface area (Å²) >= 11 is 6.04. The maximum absolute atomic E-state index is 13.1. The van der Waals surface area contributed by atoms with Gasteiger partial charge in [-0.25, -0.2) is 18.0 Å². The minimum Gasteiger partial charge on any atom is -0.478 e. The predicted octanol–water partition coefficient (Wildman–Crippen LogP) is 4.97. The predicted molar refractivity (Wildman–Crippen MR) is 148 cm³/mol. The molecule has 0 saturated carbocycles. The van der Waals surface area contributed by atoms with Crippen molar-refractivity contribution in [2.45, 2.75) is 48.7 Å². The van der Waals surface area contributed by atoms with Crippen molar-refractivity contribution in [2.24, 2.45) is 0 Å². The molecule has 0 heterocycles. The number of aliphatic hydroxyl groups is 1. The molecule has 39 heavy (non-hydrogen) atoms. The summed E-state index contributed by atoms with van der Waals surface area (Å²) in [6, 6.07) is 16.3. The molecule has 0 aliphatic rings. The van der Waals surface area contributed by atoms with Crippen molar-refractivity contribution in [3.63, 3.8) is 0 Å². The van der Waals surface area contributed by atoms with E-state index < -0.39 is 33.6 Å². The van der Waals surface area contributed by atoms with Crippen molar-refractivity contribution in [1.29, 1.82) is 0 Å². The first kappa shape index (κ1) is 29.9. The van der Waals surface area contributed by atoms with Gasteiger partial charge in [0, 0.05) is 17.3 Å². The standard InChI is InChI=1S/C28H31ClN2O7S/c1-28(2,3)38-27(35)31(17-25(32)19-5-4-6-20(29)15-19)14-13-18-7-9-21(10-8-18)39(36,37)22-11-12-24(30)23(16-22)26(33)34/h4-12,15-16,25,32H,13-14,17,30H2,1-3H3,(H,33,34)/t25-/m0/s1. The van der Waals surface area contributed by atoms with Gasteiger partial charge in [0.1, 0.15) is 5.60 Å². The summed E-state index contributed by atoms with van der Waals surface area (Å²) in [4.78, 5) is 25.4. The van der Waals surface area contributed by atoms with Crippen LogP contribution in [0.4, 0.5) is 10.5 Å². The zero-order chi connectivity index (χ0) is 29.0. The SMILES string of the molecule is CC(C)(C)OC(=O)N(CCc1ccc(S(=O)(=O)c2ccc(N)c(C(=O)O)c2)cc1)C[C@H](O)c1cccc(Cl)c1. The van der Waals surface area contributed by atoms with E-state index in [-0.39, 0.29) is 34.1 Å². The van der Waals surface area contributed by atoms with Gasteiger partial charge >= 0.3 is 12.1 Å². The molecule has 11 heteroatoms. The maximum atomic E-state index is 13.1. The van der Waals surface area contributed by atoms with Crippen molar-refractivity contribution in [3.05, 3.63) is 88.4 Å². The Balaban J connectivity index is 1.77. The summed E-state index contributed by atoms with van der Waals surface area (Å²) in [5, 5.41) is 20.5. The maximum Gasteiger partial charge on any atom is 0.410 e. The number of benzene rings is 3. The molecule has 0 aliphatic heterocycles. The molecule has 0 radical (unpaired) electrons. The minimum absolute atomic E-state index is 0.0206. The number of carboxylic acid groups (broad SMARTS) is 1. The van der Waals surface area contributed by atoms with E-state index in [4.69, 9.17) is 22.1 Å². The molecule has 1 amide bonds. The summed E-state index contributed by atoms with van der Waals surface area (Å²) in [7, 11) is -3.99. The number of rotatable bonds is 9. The number of aromatic carboxylic acids is 1. The number of nitrogens with two attached hydrogens (primary N) is 1. The molecule has 0 saturated heterocycles. The monoisotopic (exact) mass is 574 g/mol. The Morgan fingerprint density at radius 1 is 1.03 bits per heavy atom. The average molecular weight is 575 g/mol. The fourth-order valence-corrected chi connectivity index (χ4v) is 5.22. The summed E-state index contributed by atoms with van der Waals surface area (Å²) in [5.41, 5.74) is 5.86. The number of aliphatic hydroxyl groups excluding tert-OH is 1. The highest BCUT2D eigenvalue weighted by Crippen LogP contribution is 2.25. The molecule has 0 bridgehead atoms. The molecule has 0 unspecified atom stereocenters. The van der Waals surface area contributed by atoms with Gasteiger partial charge in [-0.05, 0) is 80.8 Å². The lowest BCUT2D eigenvalue weighted by Crippen LogP contribution is -2.40. The van der Waals surface area contributed by atoms with Crippen LogP contribution in [0.1, 0.15) is 48.4 Å². The fraction of sp³-hybridized carbons (Fsp3) is 0.286. The molecule has 0 aliphatic carbocycles. The van der Waals surface area contributed by atoms with Gasteiger partial charge in [0.05, 0.1) is 28.0 Å². The normalized spacial score (nSPS) is 12.5. The highest BCUT2D eigenvalue weighted by Gasteiger charge is 2.25. The first-order valence-electron chi connectivity index (χ1n) is 12.1. The van der Waals surface area contributed by atoms with Crippen molar-refractivity contribution < 1.29 is 33.0 Å². The highest BCUT2D eigenvalue weighted by molar-refractivity contribution is 7.91. The lowest BCUT2D eigenvalue weighted by molar-refractivity contribution is 0.0147. The molecule has 0 fully saturated rings. The van der Waals surface area contributed by atoms with Crippen LogP contribution >= 0.6 is 11.6 Å². The molecule has 0 spiro atoms. The Morgan fingerprint density at radius 2 is 1.67 bits per heavy atom.